The molecule has 1 saturated heterocycles. The van der Waals surface area contributed by atoms with E-state index < -0.39 is 90.6 Å². The van der Waals surface area contributed by atoms with Gasteiger partial charge in [-0.05, 0) is 13.3 Å². The second-order valence-corrected chi connectivity index (χ2v) is 18.7. The van der Waals surface area contributed by atoms with Crippen LogP contribution in [0.5, 0.6) is 0 Å². The lowest BCUT2D eigenvalue weighted by molar-refractivity contribution is -0.137. The number of imidazole rings is 1. The molecular formula is C28H48N9O18P3S. The molecule has 59 heavy (non-hydrogen) atoms. The fraction of sp³-hybridized carbons (Fsp3) is 0.679. The number of nitrogens with one attached hydrogen (secondary N) is 3. The Bertz CT molecular complexity index is 1940. The highest BCUT2D eigenvalue weighted by molar-refractivity contribution is 8.13. The van der Waals surface area contributed by atoms with Gasteiger partial charge in [-0.3, -0.25) is 37.3 Å². The lowest BCUT2D eigenvalue weighted by atomic mass is 9.87. The number of phosphoric ester groups is 3. The molecule has 0 aromatic carbocycles. The van der Waals surface area contributed by atoms with Gasteiger partial charge in [0.25, 0.3) is 0 Å². The molecule has 334 valence electrons. The summed E-state index contributed by atoms with van der Waals surface area (Å²) in [6, 6.07) is -0.852. The summed E-state index contributed by atoms with van der Waals surface area (Å²) in [5, 5.41) is 28.6. The number of phosphoric acid groups is 3. The number of aliphatic hydroxyl groups is 2. The van der Waals surface area contributed by atoms with Crippen LogP contribution in [0.25, 0.3) is 11.2 Å². The van der Waals surface area contributed by atoms with E-state index in [0.717, 1.165) is 29.0 Å². The van der Waals surface area contributed by atoms with Crippen LogP contribution in [-0.4, -0.2) is 141 Å². The van der Waals surface area contributed by atoms with Crippen LogP contribution in [0.4, 0.5) is 5.82 Å². The Morgan fingerprint density at radius 1 is 1.00 bits per heavy atom. The van der Waals surface area contributed by atoms with E-state index in [9.17, 15) is 62.7 Å². The van der Waals surface area contributed by atoms with Gasteiger partial charge in [0, 0.05) is 43.6 Å². The number of carbonyl (C=O) groups excluding carboxylic acids is 4. The van der Waals surface area contributed by atoms with Gasteiger partial charge in [-0.1, -0.05) is 25.6 Å². The van der Waals surface area contributed by atoms with Crippen molar-refractivity contribution >= 4 is 75.0 Å². The summed E-state index contributed by atoms with van der Waals surface area (Å²) in [5.41, 5.74) is 10.0. The van der Waals surface area contributed by atoms with Gasteiger partial charge in [0.05, 0.1) is 25.6 Å². The van der Waals surface area contributed by atoms with Crippen LogP contribution >= 0.6 is 35.2 Å². The summed E-state index contributed by atoms with van der Waals surface area (Å²) in [6.07, 6.45) is -6.80. The monoisotopic (exact) mass is 923 g/mol. The number of thioether (sulfide) groups is 1. The number of nitrogens with two attached hydrogens (primary N) is 2. The third-order valence-electron chi connectivity index (χ3n) is 8.11. The minimum Gasteiger partial charge on any atom is -0.386 e. The average molecular weight is 924 g/mol. The summed E-state index contributed by atoms with van der Waals surface area (Å²) in [4.78, 5) is 99.3. The van der Waals surface area contributed by atoms with Gasteiger partial charge < -0.3 is 61.9 Å². The summed E-state index contributed by atoms with van der Waals surface area (Å²) in [6.45, 7) is 2.47. The highest BCUT2D eigenvalue weighted by Crippen LogP contribution is 2.61. The van der Waals surface area contributed by atoms with Crippen LogP contribution in [0, 0.1) is 5.41 Å². The van der Waals surface area contributed by atoms with Crippen molar-refractivity contribution in [3.05, 3.63) is 12.7 Å². The van der Waals surface area contributed by atoms with E-state index >= 15 is 0 Å². The van der Waals surface area contributed by atoms with Crippen LogP contribution in [0.1, 0.15) is 46.3 Å². The van der Waals surface area contributed by atoms with Crippen molar-refractivity contribution in [2.75, 3.05) is 44.3 Å². The first-order valence-corrected chi connectivity index (χ1v) is 22.9. The van der Waals surface area contributed by atoms with Crippen molar-refractivity contribution in [1.29, 1.82) is 0 Å². The van der Waals surface area contributed by atoms with E-state index in [1.54, 1.807) is 6.92 Å². The van der Waals surface area contributed by atoms with Crippen LogP contribution in [0.15, 0.2) is 12.7 Å². The molecule has 2 aromatic rings. The minimum absolute atomic E-state index is 0.0216. The van der Waals surface area contributed by atoms with Gasteiger partial charge in [-0.2, -0.15) is 4.31 Å². The van der Waals surface area contributed by atoms with E-state index in [1.807, 2.05) is 0 Å². The molecule has 0 bridgehead atoms. The number of aliphatic hydroxyl groups excluding tert-OH is 2. The molecule has 3 heterocycles. The second kappa shape index (κ2) is 21.7. The summed E-state index contributed by atoms with van der Waals surface area (Å²) in [7, 11) is -16.4. The Morgan fingerprint density at radius 3 is 2.32 bits per heavy atom. The van der Waals surface area contributed by atoms with Crippen molar-refractivity contribution in [2.24, 2.45) is 11.1 Å². The highest BCUT2D eigenvalue weighted by Gasteiger charge is 2.50. The molecule has 2 unspecified atom stereocenters. The Kier molecular flexibility index (Phi) is 18.5. The van der Waals surface area contributed by atoms with Crippen LogP contribution < -0.4 is 27.4 Å². The average Bonchev–Trinajstić information content (AvgIpc) is 3.70. The molecule has 27 nitrogen and oxygen atoms in total. The largest absolute Gasteiger partial charge is 0.481 e. The Morgan fingerprint density at radius 2 is 1.66 bits per heavy atom. The van der Waals surface area contributed by atoms with Crippen LogP contribution in [-0.2, 0) is 55.5 Å². The zero-order chi connectivity index (χ0) is 44.3. The van der Waals surface area contributed by atoms with Crippen molar-refractivity contribution in [2.45, 2.75) is 76.7 Å². The summed E-state index contributed by atoms with van der Waals surface area (Å²) >= 11 is 0.887. The molecular weight excluding hydrogens is 875 g/mol. The van der Waals surface area contributed by atoms with E-state index in [2.05, 4.69) is 39.7 Å². The van der Waals surface area contributed by atoms with E-state index in [1.165, 1.54) is 13.8 Å². The number of carbonyl (C=O) groups is 4. The molecule has 0 radical (unpaired) electrons. The maximum absolute atomic E-state index is 12.7. The normalized spacial score (nSPS) is 21.6. The highest BCUT2D eigenvalue weighted by atomic mass is 32.2. The molecule has 0 spiro atoms. The third-order valence-corrected chi connectivity index (χ3v) is 12.2. The fourth-order valence-electron chi connectivity index (χ4n) is 5.08. The van der Waals surface area contributed by atoms with Crippen molar-refractivity contribution in [1.82, 2.24) is 35.5 Å². The number of ether oxygens (including phenoxy) is 1. The Hall–Kier alpha value is -3.01. The predicted molar refractivity (Wildman–Crippen MR) is 203 cm³/mol. The number of hydrogen-bond acceptors (Lipinski definition) is 20. The smallest absolute Gasteiger partial charge is 0.386 e. The molecule has 1 aliphatic heterocycles. The Labute approximate surface area is 340 Å². The Balaban J connectivity index is 1.45. The lowest BCUT2D eigenvalue weighted by Gasteiger charge is -2.30. The number of amides is 3. The van der Waals surface area contributed by atoms with Gasteiger partial charge in [-0.15, -0.1) is 0 Å². The first kappa shape index (κ1) is 50.3. The van der Waals surface area contributed by atoms with Gasteiger partial charge in [0.15, 0.2) is 17.7 Å². The summed E-state index contributed by atoms with van der Waals surface area (Å²) in [5.74, 6) is -1.59. The molecule has 0 saturated carbocycles. The topological polar surface area (TPSA) is 419 Å². The molecule has 3 rings (SSSR count). The number of nitrogen functional groups attached to an aromatic ring is 1. The molecule has 1 fully saturated rings. The molecule has 0 aliphatic carbocycles. The van der Waals surface area contributed by atoms with Gasteiger partial charge >= 0.3 is 23.5 Å². The lowest BCUT2D eigenvalue weighted by Crippen LogP contribution is -2.46. The zero-order valence-electron chi connectivity index (χ0n) is 31.8. The van der Waals surface area contributed by atoms with E-state index in [0.29, 0.717) is 6.54 Å². The quantitative estimate of drug-likeness (QED) is 0.0397. The van der Waals surface area contributed by atoms with Gasteiger partial charge in [0.2, 0.25) is 22.8 Å². The first-order chi connectivity index (χ1) is 27.4. The first-order valence-electron chi connectivity index (χ1n) is 17.4. The van der Waals surface area contributed by atoms with Crippen LogP contribution in [0.2, 0.25) is 0 Å². The molecule has 13 N–H and O–H groups in total. The van der Waals surface area contributed by atoms with E-state index in [-0.39, 0.29) is 66.1 Å². The number of hydrogen-bond donors (Lipinski definition) is 11. The van der Waals surface area contributed by atoms with Crippen molar-refractivity contribution < 1.29 is 85.3 Å². The van der Waals surface area contributed by atoms with Gasteiger partial charge in [-0.25, -0.2) is 28.6 Å². The number of aromatic nitrogens is 4. The van der Waals surface area contributed by atoms with Crippen molar-refractivity contribution in [3.63, 3.8) is 0 Å². The molecule has 1 aliphatic rings. The van der Waals surface area contributed by atoms with Crippen LogP contribution in [0.3, 0.4) is 0 Å². The maximum Gasteiger partial charge on any atom is 0.481 e. The van der Waals surface area contributed by atoms with Gasteiger partial charge in [0.1, 0.15) is 36.3 Å². The predicted octanol–water partition coefficient (Wildman–Crippen LogP) is -2.09. The standard InChI is InChI=1S/C28H48N9O18P3S/c1-4-31-17(38)6-5-15(29)27(43)59-10-9-32-18(39)7-8-33-25(42)22(41)28(2,3)12-52-58(49,50)55-57(47,48)51-11-16-21(54-56(44,45)46)20(40)26(53-16)37-14-36-19-23(30)34-13-35-24(19)37/h13-16,20-22,26,40-41H,4-12,29H2,1-3H3,(H,31,38)(H,32,39)(H,33,42)(H,47,48)(H,49,50)(H2,30,34,35)(H2,44,45,46)/t15-,16+,20+,21+,22-,26+/m0/s1. The maximum atomic E-state index is 12.7. The number of rotatable bonds is 24. The van der Waals surface area contributed by atoms with Crippen molar-refractivity contribution in [3.8, 4) is 0 Å². The van der Waals surface area contributed by atoms with E-state index in [4.69, 9.17) is 25.3 Å². The fourth-order valence-corrected chi connectivity index (χ4v) is 8.65. The summed E-state index contributed by atoms with van der Waals surface area (Å²) < 4.78 is 62.1. The molecule has 31 heteroatoms. The molecule has 3 amide bonds. The number of nitrogens with zero attached hydrogens (tertiary/aromatic N) is 4. The third kappa shape index (κ3) is 15.8. The second-order valence-electron chi connectivity index (χ2n) is 13.3. The number of fused-ring (bicyclic) bond motifs is 1. The molecule has 2 aromatic heterocycles. The number of anilines is 1. The molecule has 8 atom stereocenters. The SMILES string of the molecule is CCNC(=O)CC[C@H](N)C(=O)SCCNC(=O)CCNC(=O)[C@H](O)C(C)(C)COP(=O)(O)OP(=O)(O)OC[C@H]1O[C@@H](n2cnc3c(N)ncnc32)[C@H](O)[C@@H]1OP(=O)(O)O. The minimum atomic E-state index is -5.59. The zero-order valence-corrected chi connectivity index (χ0v) is 35.3.